The molecule has 1 N–H and O–H groups in total. The predicted octanol–water partition coefficient (Wildman–Crippen LogP) is 3.67. The summed E-state index contributed by atoms with van der Waals surface area (Å²) in [5.41, 5.74) is 0.748. The zero-order chi connectivity index (χ0) is 21.1. The van der Waals surface area contributed by atoms with Gasteiger partial charge in [-0.15, -0.1) is 22.7 Å². The van der Waals surface area contributed by atoms with Crippen LogP contribution < -0.4 is 10.9 Å². The lowest BCUT2D eigenvalue weighted by atomic mass is 9.92. The van der Waals surface area contributed by atoms with Crippen LogP contribution in [0.4, 0.5) is 0 Å². The fourth-order valence-corrected chi connectivity index (χ4v) is 6.13. The van der Waals surface area contributed by atoms with E-state index in [1.807, 2.05) is 22.9 Å². The molecule has 0 bridgehead atoms. The molecule has 1 saturated heterocycles. The van der Waals surface area contributed by atoms with Gasteiger partial charge < -0.3 is 10.2 Å². The van der Waals surface area contributed by atoms with Gasteiger partial charge in [-0.2, -0.15) is 0 Å². The first kappa shape index (κ1) is 21.2. The third-order valence-electron chi connectivity index (χ3n) is 5.58. The Kier molecular flexibility index (Phi) is 6.65. The average Bonchev–Trinajstić information content (AvgIpc) is 3.36. The Morgan fingerprint density at radius 3 is 2.80 bits per heavy atom. The van der Waals surface area contributed by atoms with E-state index in [9.17, 15) is 9.59 Å². The fourth-order valence-electron chi connectivity index (χ4n) is 4.41. The number of aromatic nitrogens is 2. The number of nitrogens with one attached hydrogen (secondary N) is 1. The number of carbonyl (C=O) groups is 1. The zero-order valence-corrected chi connectivity index (χ0v) is 19.1. The number of fused-ring (bicyclic) bond motifs is 1. The van der Waals surface area contributed by atoms with Gasteiger partial charge >= 0.3 is 0 Å². The van der Waals surface area contributed by atoms with Gasteiger partial charge in [0.15, 0.2) is 0 Å². The molecule has 8 heteroatoms. The summed E-state index contributed by atoms with van der Waals surface area (Å²) in [7, 11) is 0. The van der Waals surface area contributed by atoms with Crippen molar-refractivity contribution in [3.63, 3.8) is 0 Å². The Balaban J connectivity index is 1.34. The lowest BCUT2D eigenvalue weighted by Gasteiger charge is -2.34. The van der Waals surface area contributed by atoms with Crippen LogP contribution in [0.3, 0.4) is 0 Å². The maximum absolute atomic E-state index is 13.0. The van der Waals surface area contributed by atoms with Crippen molar-refractivity contribution in [2.75, 3.05) is 26.2 Å². The molecule has 1 fully saturated rings. The predicted molar refractivity (Wildman–Crippen MR) is 124 cm³/mol. The molecule has 3 aromatic heterocycles. The topological polar surface area (TPSA) is 67.2 Å². The monoisotopic (exact) mass is 444 g/mol. The molecule has 4 rings (SSSR count). The molecule has 4 heterocycles. The SMILES string of the molecule is CC1CC(C)CN(CCCNC(=O)Cn2cnc3scc(-c4cccs4)c3c2=O)C1. The van der Waals surface area contributed by atoms with Crippen molar-refractivity contribution in [3.05, 3.63) is 39.6 Å². The maximum atomic E-state index is 13.0. The minimum absolute atomic E-state index is 0.000711. The highest BCUT2D eigenvalue weighted by Gasteiger charge is 2.21. The molecule has 0 spiro atoms. The molecule has 0 saturated carbocycles. The highest BCUT2D eigenvalue weighted by molar-refractivity contribution is 7.18. The number of amides is 1. The third kappa shape index (κ3) is 4.82. The third-order valence-corrected chi connectivity index (χ3v) is 7.37. The molecule has 3 aromatic rings. The largest absolute Gasteiger partial charge is 0.354 e. The number of nitrogens with zero attached hydrogens (tertiary/aromatic N) is 3. The van der Waals surface area contributed by atoms with Crippen LogP contribution in [-0.4, -0.2) is 46.5 Å². The van der Waals surface area contributed by atoms with E-state index in [1.54, 1.807) is 11.3 Å². The number of thiophene rings is 2. The molecule has 0 aliphatic carbocycles. The van der Waals surface area contributed by atoms with Crippen molar-refractivity contribution in [1.82, 2.24) is 19.8 Å². The summed E-state index contributed by atoms with van der Waals surface area (Å²) in [6.45, 7) is 8.54. The van der Waals surface area contributed by atoms with Gasteiger partial charge in [0.05, 0.1) is 11.7 Å². The molecule has 1 aliphatic rings. The van der Waals surface area contributed by atoms with Crippen LogP contribution in [0.5, 0.6) is 0 Å². The van der Waals surface area contributed by atoms with E-state index in [4.69, 9.17) is 0 Å². The summed E-state index contributed by atoms with van der Waals surface area (Å²) in [4.78, 5) is 34.0. The summed E-state index contributed by atoms with van der Waals surface area (Å²) in [5.74, 6) is 1.34. The summed E-state index contributed by atoms with van der Waals surface area (Å²) in [5, 5.41) is 7.52. The Morgan fingerprint density at radius 1 is 1.27 bits per heavy atom. The Labute approximate surface area is 184 Å². The molecule has 6 nitrogen and oxygen atoms in total. The van der Waals surface area contributed by atoms with Crippen molar-refractivity contribution in [3.8, 4) is 10.4 Å². The van der Waals surface area contributed by atoms with Crippen molar-refractivity contribution in [2.45, 2.75) is 33.2 Å². The second-order valence-corrected chi connectivity index (χ2v) is 10.2. The Hall–Kier alpha value is -2.03. The first-order chi connectivity index (χ1) is 14.5. The van der Waals surface area contributed by atoms with Crippen LogP contribution in [-0.2, 0) is 11.3 Å². The summed E-state index contributed by atoms with van der Waals surface area (Å²) >= 11 is 3.06. The molecule has 2 unspecified atom stereocenters. The van der Waals surface area contributed by atoms with Gasteiger partial charge in [-0.1, -0.05) is 19.9 Å². The molecule has 160 valence electrons. The van der Waals surface area contributed by atoms with Gasteiger partial charge in [-0.25, -0.2) is 4.98 Å². The van der Waals surface area contributed by atoms with Gasteiger partial charge in [0.2, 0.25) is 5.91 Å². The summed E-state index contributed by atoms with van der Waals surface area (Å²) in [6, 6.07) is 3.97. The fraction of sp³-hybridized carbons (Fsp3) is 0.500. The Morgan fingerprint density at radius 2 is 2.07 bits per heavy atom. The number of hydrogen-bond acceptors (Lipinski definition) is 6. The number of carbonyl (C=O) groups excluding carboxylic acids is 1. The van der Waals surface area contributed by atoms with Gasteiger partial charge in [0.25, 0.3) is 5.56 Å². The zero-order valence-electron chi connectivity index (χ0n) is 17.5. The molecule has 30 heavy (non-hydrogen) atoms. The van der Waals surface area contributed by atoms with E-state index in [1.165, 1.54) is 28.7 Å². The van der Waals surface area contributed by atoms with Crippen molar-refractivity contribution in [2.24, 2.45) is 11.8 Å². The highest BCUT2D eigenvalue weighted by Crippen LogP contribution is 2.33. The van der Waals surface area contributed by atoms with Crippen LogP contribution in [0.25, 0.3) is 20.7 Å². The normalized spacial score (nSPS) is 19.9. The lowest BCUT2D eigenvalue weighted by molar-refractivity contribution is -0.121. The first-order valence-electron chi connectivity index (χ1n) is 10.5. The van der Waals surface area contributed by atoms with E-state index in [-0.39, 0.29) is 18.0 Å². The van der Waals surface area contributed by atoms with Gasteiger partial charge in [0.1, 0.15) is 11.4 Å². The average molecular weight is 445 g/mol. The van der Waals surface area contributed by atoms with Gasteiger partial charge in [-0.05, 0) is 42.7 Å². The van der Waals surface area contributed by atoms with Crippen molar-refractivity contribution < 1.29 is 4.79 Å². The van der Waals surface area contributed by atoms with E-state index < -0.39 is 0 Å². The van der Waals surface area contributed by atoms with E-state index in [2.05, 4.69) is 29.0 Å². The van der Waals surface area contributed by atoms with Crippen LogP contribution >= 0.6 is 22.7 Å². The molecule has 2 atom stereocenters. The molecule has 1 amide bonds. The lowest BCUT2D eigenvalue weighted by Crippen LogP contribution is -2.40. The van der Waals surface area contributed by atoms with E-state index >= 15 is 0 Å². The summed E-state index contributed by atoms with van der Waals surface area (Å²) in [6.07, 6.45) is 3.71. The minimum atomic E-state index is -0.156. The second kappa shape index (κ2) is 9.41. The van der Waals surface area contributed by atoms with E-state index in [0.717, 1.165) is 48.3 Å². The molecule has 0 radical (unpaired) electrons. The summed E-state index contributed by atoms with van der Waals surface area (Å²) < 4.78 is 1.41. The number of likely N-dealkylation sites (tertiary alicyclic amines) is 1. The number of rotatable bonds is 7. The molecular weight excluding hydrogens is 416 g/mol. The van der Waals surface area contributed by atoms with Crippen LogP contribution in [0.15, 0.2) is 34.0 Å². The number of hydrogen-bond donors (Lipinski definition) is 1. The maximum Gasteiger partial charge on any atom is 0.263 e. The standard InChI is InChI=1S/C22H28N4O2S2/c1-15-9-16(2)11-25(10-15)7-4-6-23-19(27)12-26-14-24-21-20(22(26)28)17(13-30-21)18-5-3-8-29-18/h3,5,8,13-16H,4,6-7,9-12H2,1-2H3,(H,23,27). The molecule has 1 aliphatic heterocycles. The van der Waals surface area contributed by atoms with E-state index in [0.29, 0.717) is 16.8 Å². The second-order valence-electron chi connectivity index (χ2n) is 8.39. The molecular formula is C22H28N4O2S2. The Bertz CT molecular complexity index is 1050. The van der Waals surface area contributed by atoms with Crippen LogP contribution in [0.1, 0.15) is 26.7 Å². The highest BCUT2D eigenvalue weighted by atomic mass is 32.1. The van der Waals surface area contributed by atoms with Crippen molar-refractivity contribution in [1.29, 1.82) is 0 Å². The quantitative estimate of drug-likeness (QED) is 0.565. The van der Waals surface area contributed by atoms with Crippen molar-refractivity contribution >= 4 is 38.8 Å². The smallest absolute Gasteiger partial charge is 0.263 e. The number of piperidine rings is 1. The minimum Gasteiger partial charge on any atom is -0.354 e. The van der Waals surface area contributed by atoms with Gasteiger partial charge in [0, 0.05) is 35.5 Å². The first-order valence-corrected chi connectivity index (χ1v) is 12.3. The van der Waals surface area contributed by atoms with Gasteiger partial charge in [-0.3, -0.25) is 14.2 Å². The molecule has 0 aromatic carbocycles. The van der Waals surface area contributed by atoms with Crippen LogP contribution in [0, 0.1) is 11.8 Å². The van der Waals surface area contributed by atoms with Crippen LogP contribution in [0.2, 0.25) is 0 Å².